The zero-order chi connectivity index (χ0) is 34.6. The highest BCUT2D eigenvalue weighted by atomic mass is 16.5. The number of carbonyl (C=O) groups is 4. The first-order chi connectivity index (χ1) is 23.0. The van der Waals surface area contributed by atoms with Crippen molar-refractivity contribution in [1.29, 1.82) is 0 Å². The largest absolute Gasteiger partial charge is 0.373 e. The molecule has 4 heterocycles. The number of hydrogen-bond donors (Lipinski definition) is 0. The van der Waals surface area contributed by atoms with Crippen LogP contribution in [0.5, 0.6) is 0 Å². The monoisotopic (exact) mass is 646 g/mol. The molecule has 6 nitrogen and oxygen atoms in total. The Balaban J connectivity index is 0.000000159. The maximum atomic E-state index is 13.0. The molecule has 2 aromatic rings. The third kappa shape index (κ3) is 5.29. The first kappa shape index (κ1) is 34.0. The number of Topliss-reactive ketones (excluding diaryl/α,β-unsaturated/α-hetero) is 4. The lowest BCUT2D eigenvalue weighted by atomic mass is 9.81. The Morgan fingerprint density at radius 3 is 0.979 bits per heavy atom. The molecule has 6 aliphatic rings. The van der Waals surface area contributed by atoms with Gasteiger partial charge in [0.15, 0.2) is 23.1 Å². The van der Waals surface area contributed by atoms with E-state index in [0.29, 0.717) is 0 Å². The first-order valence-corrected chi connectivity index (χ1v) is 17.6. The molecule has 0 radical (unpaired) electrons. The van der Waals surface area contributed by atoms with Crippen LogP contribution < -0.4 is 0 Å². The molecule has 4 aliphatic heterocycles. The number of ether oxygens (including phenoxy) is 2. The van der Waals surface area contributed by atoms with Gasteiger partial charge in [-0.15, -0.1) is 11.8 Å². The van der Waals surface area contributed by atoms with Gasteiger partial charge in [-0.3, -0.25) is 19.2 Å². The number of rotatable bonds is 2. The van der Waals surface area contributed by atoms with Crippen molar-refractivity contribution in [3.63, 3.8) is 0 Å². The van der Waals surface area contributed by atoms with Gasteiger partial charge in [-0.05, 0) is 125 Å². The average Bonchev–Trinajstić information content (AvgIpc) is 3.90. The van der Waals surface area contributed by atoms with Crippen molar-refractivity contribution >= 4 is 23.1 Å². The van der Waals surface area contributed by atoms with Crippen LogP contribution in [-0.4, -0.2) is 47.5 Å². The van der Waals surface area contributed by atoms with E-state index in [1.807, 2.05) is 65.8 Å². The van der Waals surface area contributed by atoms with Gasteiger partial charge in [0.2, 0.25) is 0 Å². The van der Waals surface area contributed by atoms with E-state index in [1.165, 1.54) is 0 Å². The Morgan fingerprint density at radius 2 is 0.750 bits per heavy atom. The predicted octanol–water partition coefficient (Wildman–Crippen LogP) is 6.43. The van der Waals surface area contributed by atoms with Crippen LogP contribution in [0.15, 0.2) is 24.3 Å². The number of carbonyl (C=O) groups excluding carboxylic acids is 4. The summed E-state index contributed by atoms with van der Waals surface area (Å²) in [5, 5.41) is 0. The normalized spacial score (nSPS) is 33.2. The molecule has 4 saturated heterocycles. The van der Waals surface area contributed by atoms with E-state index in [1.54, 1.807) is 13.8 Å². The molecular weight excluding hydrogens is 600 g/mol. The fourth-order valence-electron chi connectivity index (χ4n) is 9.71. The molecule has 48 heavy (non-hydrogen) atoms. The van der Waals surface area contributed by atoms with Gasteiger partial charge in [0.25, 0.3) is 0 Å². The third-order valence-electron chi connectivity index (χ3n) is 11.3. The van der Waals surface area contributed by atoms with Crippen molar-refractivity contribution in [2.24, 2.45) is 23.7 Å². The summed E-state index contributed by atoms with van der Waals surface area (Å²) in [5.41, 5.74) is 7.63. The molecule has 6 fully saturated rings. The van der Waals surface area contributed by atoms with Gasteiger partial charge in [0.05, 0.1) is 48.1 Å². The van der Waals surface area contributed by atoms with Crippen LogP contribution in [0.2, 0.25) is 0 Å². The highest BCUT2D eigenvalue weighted by Gasteiger charge is 2.64. The van der Waals surface area contributed by atoms with Crippen molar-refractivity contribution in [3.8, 4) is 23.7 Å². The first-order valence-electron chi connectivity index (χ1n) is 17.6. The van der Waals surface area contributed by atoms with Crippen LogP contribution in [-0.2, 0) is 28.7 Å². The molecule has 6 heteroatoms. The molecule has 2 aromatic carbocycles. The molecule has 0 aromatic heterocycles. The van der Waals surface area contributed by atoms with Gasteiger partial charge in [0, 0.05) is 11.1 Å². The van der Waals surface area contributed by atoms with E-state index in [-0.39, 0.29) is 71.2 Å². The lowest BCUT2D eigenvalue weighted by Gasteiger charge is -2.17. The fourth-order valence-corrected chi connectivity index (χ4v) is 9.71. The van der Waals surface area contributed by atoms with E-state index in [4.69, 9.17) is 9.47 Å². The Bertz CT molecular complexity index is 1590. The van der Waals surface area contributed by atoms with Crippen LogP contribution >= 0.6 is 0 Å². The van der Waals surface area contributed by atoms with Gasteiger partial charge in [-0.2, -0.15) is 0 Å². The zero-order valence-electron chi connectivity index (χ0n) is 29.4. The van der Waals surface area contributed by atoms with Crippen molar-refractivity contribution in [2.45, 2.75) is 117 Å². The Kier molecular flexibility index (Phi) is 9.38. The second-order valence-corrected chi connectivity index (χ2v) is 14.0. The maximum absolute atomic E-state index is 13.0. The average molecular weight is 647 g/mol. The summed E-state index contributed by atoms with van der Waals surface area (Å²) in [6, 6.07) is 7.94. The predicted molar refractivity (Wildman–Crippen MR) is 184 cm³/mol. The Labute approximate surface area is 284 Å². The van der Waals surface area contributed by atoms with Crippen LogP contribution in [0.25, 0.3) is 0 Å². The fraction of sp³-hybridized carbons (Fsp3) is 0.524. The molecule has 8 rings (SSSR count). The minimum absolute atomic E-state index is 0.0303. The van der Waals surface area contributed by atoms with E-state index >= 15 is 0 Å². The maximum Gasteiger partial charge on any atom is 0.154 e. The van der Waals surface area contributed by atoms with Crippen molar-refractivity contribution in [1.82, 2.24) is 0 Å². The molecule has 10 atom stereocenters. The van der Waals surface area contributed by atoms with Gasteiger partial charge >= 0.3 is 0 Å². The standard InChI is InChI=1S/2C20H20O3.C2H6/c2*1-4-5-12-8-10(2)15(11(3)9-12)18-19(21)16-13-6-7-14(23-13)17(16)20(18)22;1-2/h2*8-9,13-14,16-18H,6-7H2,1-3H3;1-2H3/t2*13-,14+,16?,17?,18?;. The number of aryl methyl sites for hydroxylation is 4. The minimum atomic E-state index is -0.597. The molecule has 6 unspecified atom stereocenters. The van der Waals surface area contributed by atoms with E-state index in [0.717, 1.165) is 70.2 Å². The zero-order valence-corrected chi connectivity index (χ0v) is 29.4. The summed E-state index contributed by atoms with van der Waals surface area (Å²) in [7, 11) is 0. The number of fused-ring (bicyclic) bond motifs is 10. The Morgan fingerprint density at radius 1 is 0.500 bits per heavy atom. The van der Waals surface area contributed by atoms with Crippen LogP contribution in [0.3, 0.4) is 0 Å². The lowest BCUT2D eigenvalue weighted by molar-refractivity contribution is -0.129. The molecule has 0 amide bonds. The smallest absolute Gasteiger partial charge is 0.154 e. The summed E-state index contributed by atoms with van der Waals surface area (Å²) in [6.45, 7) is 15.5. The molecule has 0 N–H and O–H groups in total. The van der Waals surface area contributed by atoms with Crippen molar-refractivity contribution < 1.29 is 28.7 Å². The lowest BCUT2D eigenvalue weighted by Crippen LogP contribution is -2.29. The van der Waals surface area contributed by atoms with Crippen LogP contribution in [0.1, 0.15) is 110 Å². The van der Waals surface area contributed by atoms with E-state index < -0.39 is 11.8 Å². The highest BCUT2D eigenvalue weighted by Crippen LogP contribution is 2.54. The molecule has 4 bridgehead atoms. The molecular formula is C42H46O6. The number of hydrogen-bond acceptors (Lipinski definition) is 6. The summed E-state index contributed by atoms with van der Waals surface area (Å²) in [5.74, 6) is 10.2. The highest BCUT2D eigenvalue weighted by molar-refractivity contribution is 6.18. The van der Waals surface area contributed by atoms with Gasteiger partial charge in [0.1, 0.15) is 11.8 Å². The third-order valence-corrected chi connectivity index (χ3v) is 11.3. The summed E-state index contributed by atoms with van der Waals surface area (Å²) >= 11 is 0. The van der Waals surface area contributed by atoms with Gasteiger partial charge in [-0.1, -0.05) is 25.7 Å². The second kappa shape index (κ2) is 13.2. The molecule has 0 spiro atoms. The molecule has 250 valence electrons. The van der Waals surface area contributed by atoms with E-state index in [2.05, 4.69) is 23.7 Å². The summed E-state index contributed by atoms with van der Waals surface area (Å²) < 4.78 is 11.6. The van der Waals surface area contributed by atoms with Crippen LogP contribution in [0, 0.1) is 75.0 Å². The summed E-state index contributed by atoms with van der Waals surface area (Å²) in [6.07, 6.45) is 3.55. The van der Waals surface area contributed by atoms with Gasteiger partial charge < -0.3 is 9.47 Å². The summed E-state index contributed by atoms with van der Waals surface area (Å²) in [4.78, 5) is 51.9. The Hall–Kier alpha value is -3.84. The number of ketones is 4. The number of benzene rings is 2. The van der Waals surface area contributed by atoms with Gasteiger partial charge in [-0.25, -0.2) is 0 Å². The van der Waals surface area contributed by atoms with Crippen molar-refractivity contribution in [2.75, 3.05) is 0 Å². The topological polar surface area (TPSA) is 86.7 Å². The van der Waals surface area contributed by atoms with Crippen molar-refractivity contribution in [3.05, 3.63) is 68.8 Å². The molecule has 2 saturated carbocycles. The van der Waals surface area contributed by atoms with E-state index in [9.17, 15) is 19.2 Å². The minimum Gasteiger partial charge on any atom is -0.373 e. The SMILES string of the molecule is CC.CC#Cc1cc(C)c(C2C(=O)C3C(C2=O)[C@H]2CC[C@@H]3O2)c(C)c1.CC#Cc1cc(C)c(C2C(=O)C3C(C2=O)[C@H]2CC[C@@H]3O2)c(C)c1. The van der Waals surface area contributed by atoms with Crippen LogP contribution in [0.4, 0.5) is 0 Å². The second-order valence-electron chi connectivity index (χ2n) is 14.0. The quantitative estimate of drug-likeness (QED) is 0.276. The molecule has 2 aliphatic carbocycles.